The number of benzene rings is 9. The first-order valence-electron chi connectivity index (χ1n) is 22.0. The van der Waals surface area contributed by atoms with Gasteiger partial charge < -0.3 is 18.6 Å². The molecule has 2 aromatic heterocycles. The molecule has 0 saturated heterocycles. The summed E-state index contributed by atoms with van der Waals surface area (Å²) in [6.07, 6.45) is 0. The monoisotopic (exact) mass is 818 g/mol. The van der Waals surface area contributed by atoms with Crippen LogP contribution in [0.25, 0.3) is 65.4 Å². The van der Waals surface area contributed by atoms with Crippen molar-refractivity contribution in [2.75, 3.05) is 9.80 Å². The smallest absolute Gasteiger partial charge is 0.139 e. The zero-order valence-corrected chi connectivity index (χ0v) is 37.0. The van der Waals surface area contributed by atoms with Gasteiger partial charge in [-0.05, 0) is 153 Å². The molecule has 0 atom stereocenters. The minimum absolute atomic E-state index is 0.0797. The lowest BCUT2D eigenvalue weighted by Gasteiger charge is -2.27. The van der Waals surface area contributed by atoms with E-state index in [-0.39, 0.29) is 10.8 Å². The first-order valence-corrected chi connectivity index (χ1v) is 22.0. The summed E-state index contributed by atoms with van der Waals surface area (Å²) in [5.41, 5.74) is 14.0. The Morgan fingerprint density at radius 1 is 0.333 bits per heavy atom. The first-order chi connectivity index (χ1) is 30.4. The van der Waals surface area contributed by atoms with Crippen LogP contribution in [0.5, 0.6) is 0 Å². The minimum Gasteiger partial charge on any atom is -0.456 e. The normalized spacial score (nSPS) is 12.4. The summed E-state index contributed by atoms with van der Waals surface area (Å²) in [5.74, 6) is 0. The molecule has 308 valence electrons. The number of hydrogen-bond acceptors (Lipinski definition) is 4. The van der Waals surface area contributed by atoms with Gasteiger partial charge in [-0.15, -0.1) is 0 Å². The summed E-state index contributed by atoms with van der Waals surface area (Å²) >= 11 is 0. The second-order valence-electron chi connectivity index (χ2n) is 19.1. The summed E-state index contributed by atoms with van der Waals surface area (Å²) < 4.78 is 13.4. The predicted molar refractivity (Wildman–Crippen MR) is 268 cm³/mol. The fourth-order valence-corrected chi connectivity index (χ4v) is 9.46. The molecule has 2 heterocycles. The molecule has 0 saturated carbocycles. The fraction of sp³-hybridized carbons (Fsp3) is 0.153. The van der Waals surface area contributed by atoms with Crippen LogP contribution in [-0.4, -0.2) is 0 Å². The standard InChI is InChI=1S/C59H50N2O2/c1-37-56-50-32-38-18-24-48(60(44-14-10-8-11-15-44)46-26-20-42(21-27-46)58(2,3)4)30-40(38)34-52(50)62-54(56)36-55-57(37)51-33-39-19-25-49(31-41(39)35-53(51)63-55)61(45-16-12-9-13-17-45)47-28-22-43(23-29-47)59(5,6)7/h8-36H,1-7H3. The molecular weight excluding hydrogens is 769 g/mol. The number of fused-ring (bicyclic) bond motifs is 8. The quantitative estimate of drug-likeness (QED) is 0.167. The van der Waals surface area contributed by atoms with Crippen molar-refractivity contribution in [3.63, 3.8) is 0 Å². The van der Waals surface area contributed by atoms with Crippen LogP contribution in [0, 0.1) is 6.92 Å². The van der Waals surface area contributed by atoms with E-state index in [1.54, 1.807) is 0 Å². The highest BCUT2D eigenvalue weighted by Gasteiger charge is 2.22. The van der Waals surface area contributed by atoms with Gasteiger partial charge in [-0.1, -0.05) is 114 Å². The summed E-state index contributed by atoms with van der Waals surface area (Å²) in [6.45, 7) is 15.7. The van der Waals surface area contributed by atoms with E-state index in [0.717, 1.165) is 105 Å². The molecule has 0 spiro atoms. The van der Waals surface area contributed by atoms with Gasteiger partial charge in [0, 0.05) is 61.7 Å². The largest absolute Gasteiger partial charge is 0.456 e. The molecule has 0 radical (unpaired) electrons. The van der Waals surface area contributed by atoms with Gasteiger partial charge in [-0.3, -0.25) is 0 Å². The van der Waals surface area contributed by atoms with Gasteiger partial charge in [0.1, 0.15) is 22.3 Å². The van der Waals surface area contributed by atoms with Crippen molar-refractivity contribution in [1.82, 2.24) is 0 Å². The number of anilines is 6. The van der Waals surface area contributed by atoms with E-state index < -0.39 is 0 Å². The third-order valence-corrected chi connectivity index (χ3v) is 12.9. The van der Waals surface area contributed by atoms with E-state index in [1.807, 2.05) is 0 Å². The number of aryl methyl sites for hydroxylation is 1. The SMILES string of the molecule is Cc1c2c(cc3oc4cc5cc(N(c6ccccc6)c6ccc(C(C)(C)C)cc6)ccc5cc4c13)oc1cc3cc(N(c4ccccc4)c4ccc(C(C)(C)C)cc4)ccc3cc12. The van der Waals surface area contributed by atoms with Crippen molar-refractivity contribution in [2.45, 2.75) is 59.3 Å². The molecule has 0 amide bonds. The van der Waals surface area contributed by atoms with E-state index in [1.165, 1.54) is 11.1 Å². The van der Waals surface area contributed by atoms with Crippen LogP contribution in [0.3, 0.4) is 0 Å². The summed E-state index contributed by atoms with van der Waals surface area (Å²) in [7, 11) is 0. The van der Waals surface area contributed by atoms with Crippen LogP contribution >= 0.6 is 0 Å². The molecule has 9 aromatic carbocycles. The number of para-hydroxylation sites is 2. The van der Waals surface area contributed by atoms with Crippen LogP contribution in [0.2, 0.25) is 0 Å². The van der Waals surface area contributed by atoms with E-state index in [9.17, 15) is 0 Å². The lowest BCUT2D eigenvalue weighted by atomic mass is 9.87. The highest BCUT2D eigenvalue weighted by atomic mass is 16.3. The third-order valence-electron chi connectivity index (χ3n) is 12.9. The number of nitrogens with zero attached hydrogens (tertiary/aromatic N) is 2. The Kier molecular flexibility index (Phi) is 8.82. The maximum absolute atomic E-state index is 6.71. The van der Waals surface area contributed by atoms with Crippen LogP contribution in [0.1, 0.15) is 58.2 Å². The second kappa shape index (κ2) is 14.4. The molecule has 11 rings (SSSR count). The van der Waals surface area contributed by atoms with Crippen molar-refractivity contribution in [3.05, 3.63) is 193 Å². The van der Waals surface area contributed by atoms with Crippen LogP contribution < -0.4 is 9.80 Å². The molecule has 0 N–H and O–H groups in total. The zero-order chi connectivity index (χ0) is 43.2. The maximum atomic E-state index is 6.71. The maximum Gasteiger partial charge on any atom is 0.139 e. The molecule has 0 fully saturated rings. The Morgan fingerprint density at radius 3 is 1.08 bits per heavy atom. The van der Waals surface area contributed by atoms with Gasteiger partial charge in [-0.25, -0.2) is 0 Å². The van der Waals surface area contributed by atoms with Gasteiger partial charge in [0.15, 0.2) is 0 Å². The van der Waals surface area contributed by atoms with Gasteiger partial charge in [0.25, 0.3) is 0 Å². The van der Waals surface area contributed by atoms with E-state index >= 15 is 0 Å². The lowest BCUT2D eigenvalue weighted by Crippen LogP contribution is -2.13. The Hall–Kier alpha value is -7.30. The molecular formula is C59H50N2O2. The van der Waals surface area contributed by atoms with Gasteiger partial charge in [0.05, 0.1) is 0 Å². The molecule has 0 aliphatic rings. The van der Waals surface area contributed by atoms with Gasteiger partial charge in [-0.2, -0.15) is 0 Å². The topological polar surface area (TPSA) is 32.8 Å². The summed E-state index contributed by atoms with van der Waals surface area (Å²) in [5, 5.41) is 9.05. The van der Waals surface area contributed by atoms with Crippen molar-refractivity contribution < 1.29 is 8.83 Å². The molecule has 4 nitrogen and oxygen atoms in total. The first kappa shape index (κ1) is 38.6. The van der Waals surface area contributed by atoms with Crippen molar-refractivity contribution in [2.24, 2.45) is 0 Å². The molecule has 0 unspecified atom stereocenters. The highest BCUT2D eigenvalue weighted by Crippen LogP contribution is 2.45. The predicted octanol–water partition coefficient (Wildman–Crippen LogP) is 17.6. The van der Waals surface area contributed by atoms with Crippen molar-refractivity contribution >= 4 is 99.5 Å². The average Bonchev–Trinajstić information content (AvgIpc) is 3.82. The van der Waals surface area contributed by atoms with Gasteiger partial charge in [0.2, 0.25) is 0 Å². The van der Waals surface area contributed by atoms with Crippen molar-refractivity contribution in [3.8, 4) is 0 Å². The lowest BCUT2D eigenvalue weighted by molar-refractivity contribution is 0.590. The van der Waals surface area contributed by atoms with Crippen LogP contribution in [0.15, 0.2) is 185 Å². The van der Waals surface area contributed by atoms with E-state index in [0.29, 0.717) is 0 Å². The van der Waals surface area contributed by atoms with E-state index in [2.05, 4.69) is 234 Å². The Balaban J connectivity index is 0.995. The zero-order valence-electron chi connectivity index (χ0n) is 37.0. The molecule has 11 aromatic rings. The number of rotatable bonds is 6. The Morgan fingerprint density at radius 2 is 0.698 bits per heavy atom. The Labute approximate surface area is 368 Å². The molecule has 4 heteroatoms. The number of furan rings is 2. The minimum atomic E-state index is 0.0797. The fourth-order valence-electron chi connectivity index (χ4n) is 9.46. The highest BCUT2D eigenvalue weighted by molar-refractivity contribution is 6.21. The van der Waals surface area contributed by atoms with E-state index in [4.69, 9.17) is 8.83 Å². The summed E-state index contributed by atoms with van der Waals surface area (Å²) in [6, 6.07) is 63.7. The van der Waals surface area contributed by atoms with Crippen molar-refractivity contribution in [1.29, 1.82) is 0 Å². The van der Waals surface area contributed by atoms with Gasteiger partial charge >= 0.3 is 0 Å². The average molecular weight is 819 g/mol. The van der Waals surface area contributed by atoms with Crippen LogP contribution in [0.4, 0.5) is 34.1 Å². The molecule has 0 aliphatic carbocycles. The second-order valence-corrected chi connectivity index (χ2v) is 19.1. The molecule has 63 heavy (non-hydrogen) atoms. The summed E-state index contributed by atoms with van der Waals surface area (Å²) in [4.78, 5) is 4.65. The van der Waals surface area contributed by atoms with Crippen LogP contribution in [-0.2, 0) is 10.8 Å². The number of hydrogen-bond donors (Lipinski definition) is 0. The third kappa shape index (κ3) is 6.69. The molecule has 0 aliphatic heterocycles. The molecule has 0 bridgehead atoms. The Bertz CT molecular complexity index is 3280.